The molecule has 2 aliphatic carbocycles. The monoisotopic (exact) mass is 621 g/mol. The number of hydrogen-bond donors (Lipinski definition) is 1. The number of nitrogens with zero attached hydrogens (tertiary/aromatic N) is 2. The van der Waals surface area contributed by atoms with Crippen molar-refractivity contribution in [3.05, 3.63) is 94.9 Å². The van der Waals surface area contributed by atoms with E-state index in [2.05, 4.69) is 22.5 Å². The lowest BCUT2D eigenvalue weighted by atomic mass is 9.86. The first-order chi connectivity index (χ1) is 21.1. The van der Waals surface area contributed by atoms with Crippen LogP contribution in [0, 0.1) is 12.8 Å². The average molecular weight is 622 g/mol. The van der Waals surface area contributed by atoms with Crippen LogP contribution in [0.4, 0.5) is 4.79 Å². The highest BCUT2D eigenvalue weighted by atomic mass is 32.2. The maximum Gasteiger partial charge on any atom is 0.411 e. The molecule has 9 nitrogen and oxygen atoms in total. The summed E-state index contributed by atoms with van der Waals surface area (Å²) in [5.41, 5.74) is 3.45. The fourth-order valence-electron chi connectivity index (χ4n) is 5.90. The van der Waals surface area contributed by atoms with Crippen molar-refractivity contribution in [3.8, 4) is 5.75 Å². The summed E-state index contributed by atoms with van der Waals surface area (Å²) in [5, 5.41) is 2.89. The number of aryl methyl sites for hydroxylation is 1. The first-order valence-corrected chi connectivity index (χ1v) is 16.6. The van der Waals surface area contributed by atoms with Gasteiger partial charge < -0.3 is 14.4 Å². The summed E-state index contributed by atoms with van der Waals surface area (Å²) < 4.78 is 38.3. The van der Waals surface area contributed by atoms with Crippen LogP contribution in [-0.2, 0) is 21.2 Å². The van der Waals surface area contributed by atoms with Crippen LogP contribution in [0.1, 0.15) is 61.0 Å². The lowest BCUT2D eigenvalue weighted by molar-refractivity contribution is 0.0882. The molecule has 2 atom stereocenters. The van der Waals surface area contributed by atoms with Gasteiger partial charge in [0.1, 0.15) is 11.9 Å². The van der Waals surface area contributed by atoms with Gasteiger partial charge in [-0.15, -0.1) is 0 Å². The van der Waals surface area contributed by atoms with E-state index >= 15 is 0 Å². The molecule has 1 saturated carbocycles. The Labute approximate surface area is 261 Å². The van der Waals surface area contributed by atoms with Crippen LogP contribution < -0.4 is 10.1 Å². The van der Waals surface area contributed by atoms with Crippen LogP contribution in [0.3, 0.4) is 0 Å². The van der Waals surface area contributed by atoms with E-state index in [4.69, 9.17) is 9.47 Å². The van der Waals surface area contributed by atoms with Crippen molar-refractivity contribution >= 4 is 22.0 Å². The van der Waals surface area contributed by atoms with Crippen molar-refractivity contribution in [3.63, 3.8) is 0 Å². The van der Waals surface area contributed by atoms with E-state index in [1.807, 2.05) is 33.0 Å². The Morgan fingerprint density at radius 1 is 1.09 bits per heavy atom. The number of nitrogens with one attached hydrogen (secondary N) is 1. The fourth-order valence-corrected chi connectivity index (χ4v) is 7.24. The summed E-state index contributed by atoms with van der Waals surface area (Å²) in [6.07, 6.45) is 12.2. The quantitative estimate of drug-likeness (QED) is 0.387. The molecule has 0 aromatic heterocycles. The minimum absolute atomic E-state index is 0.0105. The van der Waals surface area contributed by atoms with Gasteiger partial charge in [0.25, 0.3) is 15.9 Å². The van der Waals surface area contributed by atoms with E-state index in [1.165, 1.54) is 20.2 Å². The van der Waals surface area contributed by atoms with Crippen LogP contribution in [0.15, 0.2) is 83.1 Å². The van der Waals surface area contributed by atoms with Gasteiger partial charge in [-0.3, -0.25) is 10.1 Å². The van der Waals surface area contributed by atoms with Gasteiger partial charge in [-0.05, 0) is 86.2 Å². The van der Waals surface area contributed by atoms with Crippen LogP contribution in [0.25, 0.3) is 0 Å². The third-order valence-corrected chi connectivity index (χ3v) is 10.1. The van der Waals surface area contributed by atoms with Gasteiger partial charge >= 0.3 is 6.09 Å². The molecule has 1 heterocycles. The number of carbonyl (C=O) groups is 2. The normalized spacial score (nSPS) is 19.3. The molecule has 2 unspecified atom stereocenters. The molecule has 1 aliphatic heterocycles. The first-order valence-electron chi connectivity index (χ1n) is 15.1. The van der Waals surface area contributed by atoms with E-state index < -0.39 is 22.0 Å². The number of likely N-dealkylation sites (N-methyl/N-ethyl adjacent to an activating group) is 1. The number of amides is 2. The molecular formula is C34H43N3O6S. The Balaban J connectivity index is 0.00000216. The van der Waals surface area contributed by atoms with Crippen LogP contribution in [-0.4, -0.2) is 63.0 Å². The van der Waals surface area contributed by atoms with E-state index in [-0.39, 0.29) is 28.5 Å². The zero-order valence-corrected chi connectivity index (χ0v) is 27.2. The standard InChI is InChI=1S/C32H37N3O6S.C2H6/c1-21-9-5-8-12-30(21)42(38,39)35(3)31(36)23-14-13-22(29(18-23)40-4)17-24-20-34(2)28-16-15-25(19-27(24)28)33-32(37)41-26-10-6-7-11-26;1-2/h5,8-9,12-16,18-20,26-28H,6-7,10-11,17H2,1-4H3,(H,33,37);1-2H3. The number of alkyl carbamates (subject to hydrolysis) is 1. The molecular weight excluding hydrogens is 578 g/mol. The lowest BCUT2D eigenvalue weighted by Crippen LogP contribution is -2.33. The van der Waals surface area contributed by atoms with Gasteiger partial charge in [-0.1, -0.05) is 50.3 Å². The lowest BCUT2D eigenvalue weighted by Gasteiger charge is -2.27. The number of ether oxygens (including phenoxy) is 2. The topological polar surface area (TPSA) is 105 Å². The fraction of sp³-hybridized carbons (Fsp3) is 0.412. The minimum atomic E-state index is -4.03. The van der Waals surface area contributed by atoms with Crippen molar-refractivity contribution in [2.24, 2.45) is 5.92 Å². The van der Waals surface area contributed by atoms with E-state index in [0.717, 1.165) is 41.1 Å². The molecule has 0 saturated heterocycles. The molecule has 236 valence electrons. The number of methoxy groups -OCH3 is 1. The Hall–Kier alpha value is -4.05. The second-order valence-corrected chi connectivity index (χ2v) is 13.0. The van der Waals surface area contributed by atoms with Crippen molar-refractivity contribution in [2.75, 3.05) is 21.2 Å². The number of allylic oxidation sites excluding steroid dienone is 1. The SMILES string of the molecule is CC.COc1cc(C(=O)N(C)S(=O)(=O)c2ccccc2C)ccc1CC1=CN(C)C2C=CC(NC(=O)OC3CCCC3)=CC12. The van der Waals surface area contributed by atoms with Crippen LogP contribution in [0.5, 0.6) is 5.75 Å². The van der Waals surface area contributed by atoms with Crippen molar-refractivity contribution < 1.29 is 27.5 Å². The first kappa shape index (κ1) is 32.9. The van der Waals surface area contributed by atoms with Gasteiger partial charge in [-0.2, -0.15) is 0 Å². The summed E-state index contributed by atoms with van der Waals surface area (Å²) in [6.45, 7) is 5.70. The van der Waals surface area contributed by atoms with E-state index in [1.54, 1.807) is 43.3 Å². The number of carbonyl (C=O) groups excluding carboxylic acids is 2. The minimum Gasteiger partial charge on any atom is -0.496 e. The molecule has 2 aromatic rings. The van der Waals surface area contributed by atoms with Crippen LogP contribution in [0.2, 0.25) is 0 Å². The molecule has 0 bridgehead atoms. The summed E-state index contributed by atoms with van der Waals surface area (Å²) in [6, 6.07) is 11.7. The molecule has 1 fully saturated rings. The summed E-state index contributed by atoms with van der Waals surface area (Å²) in [4.78, 5) is 28.0. The van der Waals surface area contributed by atoms with E-state index in [9.17, 15) is 18.0 Å². The second-order valence-electron chi connectivity index (χ2n) is 11.1. The Kier molecular flexibility index (Phi) is 10.6. The van der Waals surface area contributed by atoms with Gasteiger partial charge in [0.05, 0.1) is 18.0 Å². The largest absolute Gasteiger partial charge is 0.496 e. The highest BCUT2D eigenvalue weighted by Gasteiger charge is 2.34. The Morgan fingerprint density at radius 2 is 1.80 bits per heavy atom. The number of sulfonamides is 1. The summed E-state index contributed by atoms with van der Waals surface area (Å²) in [5.74, 6) is -0.134. The summed E-state index contributed by atoms with van der Waals surface area (Å²) in [7, 11) is 0.778. The van der Waals surface area contributed by atoms with Gasteiger partial charge in [0, 0.05) is 31.3 Å². The Morgan fingerprint density at radius 3 is 2.48 bits per heavy atom. The summed E-state index contributed by atoms with van der Waals surface area (Å²) >= 11 is 0. The Bertz CT molecular complexity index is 1570. The van der Waals surface area contributed by atoms with Crippen molar-refractivity contribution in [2.45, 2.75) is 69.9 Å². The maximum atomic E-state index is 13.3. The van der Waals surface area contributed by atoms with Gasteiger partial charge in [-0.25, -0.2) is 17.5 Å². The molecule has 44 heavy (non-hydrogen) atoms. The molecule has 0 radical (unpaired) electrons. The average Bonchev–Trinajstić information content (AvgIpc) is 3.64. The van der Waals surface area contributed by atoms with Crippen LogP contribution >= 0.6 is 0 Å². The van der Waals surface area contributed by atoms with Crippen molar-refractivity contribution in [1.82, 2.24) is 14.5 Å². The molecule has 0 spiro atoms. The van der Waals surface area contributed by atoms with Gasteiger partial charge in [0.15, 0.2) is 0 Å². The van der Waals surface area contributed by atoms with Gasteiger partial charge in [0.2, 0.25) is 0 Å². The third kappa shape index (κ3) is 7.01. The molecule has 3 aliphatic rings. The zero-order valence-electron chi connectivity index (χ0n) is 26.4. The number of benzene rings is 2. The third-order valence-electron chi connectivity index (χ3n) is 8.24. The molecule has 2 aromatic carbocycles. The molecule has 5 rings (SSSR count). The maximum absolute atomic E-state index is 13.3. The second kappa shape index (κ2) is 14.2. The highest BCUT2D eigenvalue weighted by Crippen LogP contribution is 2.37. The smallest absolute Gasteiger partial charge is 0.411 e. The molecule has 10 heteroatoms. The number of rotatable bonds is 8. The van der Waals surface area contributed by atoms with E-state index in [0.29, 0.717) is 23.4 Å². The highest BCUT2D eigenvalue weighted by molar-refractivity contribution is 7.89. The predicted octanol–water partition coefficient (Wildman–Crippen LogP) is 5.97. The molecule has 2 amide bonds. The number of hydrogen-bond acceptors (Lipinski definition) is 7. The molecule has 1 N–H and O–H groups in total. The van der Waals surface area contributed by atoms with Crippen molar-refractivity contribution in [1.29, 1.82) is 0 Å². The zero-order chi connectivity index (χ0) is 32.0. The predicted molar refractivity (Wildman–Crippen MR) is 171 cm³/mol. The number of fused-ring (bicyclic) bond motifs is 1.